The topological polar surface area (TPSA) is 53.6 Å². The summed E-state index contributed by atoms with van der Waals surface area (Å²) in [4.78, 5) is 4.02. The molecule has 1 aliphatic heterocycles. The van der Waals surface area contributed by atoms with Crippen LogP contribution in [-0.2, 0) is 0 Å². The fourth-order valence-corrected chi connectivity index (χ4v) is 2.33. The molecule has 2 aromatic rings. The van der Waals surface area contributed by atoms with Gasteiger partial charge in [-0.25, -0.2) is 0 Å². The average molecular weight is 301 g/mol. The van der Waals surface area contributed by atoms with Gasteiger partial charge in [-0.2, -0.15) is 5.10 Å². The van der Waals surface area contributed by atoms with Gasteiger partial charge < -0.3 is 5.32 Å². The standard InChI is InChI=1S/C13H16N4.2ClH/c1-2-11(9-15-5-1)13-8-12(16-17-13)10-3-6-14-7-4-10;;/h3-4,6-8,11,15H,1-2,5,9H2,(H,16,17);2*1H. The van der Waals surface area contributed by atoms with Crippen molar-refractivity contribution in [2.75, 3.05) is 13.1 Å². The highest BCUT2D eigenvalue weighted by Gasteiger charge is 2.17. The lowest BCUT2D eigenvalue weighted by molar-refractivity contribution is 0.454. The summed E-state index contributed by atoms with van der Waals surface area (Å²) in [6.45, 7) is 2.19. The van der Waals surface area contributed by atoms with Crippen LogP contribution in [0.4, 0.5) is 0 Å². The predicted octanol–water partition coefficient (Wildman–Crippen LogP) is 2.78. The van der Waals surface area contributed by atoms with Crippen LogP contribution in [0.3, 0.4) is 0 Å². The van der Waals surface area contributed by atoms with Crippen LogP contribution >= 0.6 is 24.8 Å². The summed E-state index contributed by atoms with van der Waals surface area (Å²) >= 11 is 0. The van der Waals surface area contributed by atoms with Crippen LogP contribution in [0.15, 0.2) is 30.6 Å². The molecule has 0 amide bonds. The monoisotopic (exact) mass is 300 g/mol. The molecular formula is C13H18Cl2N4. The Morgan fingerprint density at radius 2 is 1.95 bits per heavy atom. The smallest absolute Gasteiger partial charge is 0.0924 e. The van der Waals surface area contributed by atoms with E-state index in [-0.39, 0.29) is 24.8 Å². The maximum absolute atomic E-state index is 4.38. The van der Waals surface area contributed by atoms with Crippen molar-refractivity contribution < 1.29 is 0 Å². The van der Waals surface area contributed by atoms with Crippen molar-refractivity contribution in [3.63, 3.8) is 0 Å². The van der Waals surface area contributed by atoms with Gasteiger partial charge in [0.2, 0.25) is 0 Å². The van der Waals surface area contributed by atoms with Gasteiger partial charge in [-0.05, 0) is 37.6 Å². The third-order valence-electron chi connectivity index (χ3n) is 3.31. The maximum Gasteiger partial charge on any atom is 0.0924 e. The van der Waals surface area contributed by atoms with Gasteiger partial charge in [0.05, 0.1) is 5.69 Å². The Hall–Kier alpha value is -1.10. The van der Waals surface area contributed by atoms with Crippen molar-refractivity contribution in [1.29, 1.82) is 0 Å². The van der Waals surface area contributed by atoms with E-state index < -0.39 is 0 Å². The van der Waals surface area contributed by atoms with E-state index in [1.54, 1.807) is 12.4 Å². The van der Waals surface area contributed by atoms with Crippen molar-refractivity contribution in [1.82, 2.24) is 20.5 Å². The largest absolute Gasteiger partial charge is 0.316 e. The molecule has 2 aromatic heterocycles. The van der Waals surface area contributed by atoms with Crippen molar-refractivity contribution in [2.45, 2.75) is 18.8 Å². The molecule has 0 spiro atoms. The van der Waals surface area contributed by atoms with Crippen LogP contribution in [0.25, 0.3) is 11.3 Å². The van der Waals surface area contributed by atoms with Crippen molar-refractivity contribution in [3.05, 3.63) is 36.3 Å². The molecular weight excluding hydrogens is 283 g/mol. The first-order valence-corrected chi connectivity index (χ1v) is 6.10. The second-order valence-electron chi connectivity index (χ2n) is 4.49. The SMILES string of the molecule is Cl.Cl.c1cc(-c2cc(C3CCCNC3)[nH]n2)ccn1. The van der Waals surface area contributed by atoms with Gasteiger partial charge >= 0.3 is 0 Å². The highest BCUT2D eigenvalue weighted by molar-refractivity contribution is 5.85. The molecule has 1 fully saturated rings. The van der Waals surface area contributed by atoms with E-state index in [4.69, 9.17) is 0 Å². The lowest BCUT2D eigenvalue weighted by Gasteiger charge is -2.21. The fraction of sp³-hybridized carbons (Fsp3) is 0.385. The number of aromatic nitrogens is 3. The molecule has 0 bridgehead atoms. The molecule has 104 valence electrons. The number of rotatable bonds is 2. The van der Waals surface area contributed by atoms with Gasteiger partial charge in [0.25, 0.3) is 0 Å². The number of nitrogens with zero attached hydrogens (tertiary/aromatic N) is 2. The minimum atomic E-state index is 0. The Kier molecular flexibility index (Phi) is 6.28. The predicted molar refractivity (Wildman–Crippen MR) is 81.2 cm³/mol. The molecule has 1 aliphatic rings. The summed E-state index contributed by atoms with van der Waals surface area (Å²) in [6.07, 6.45) is 6.08. The Morgan fingerprint density at radius 1 is 1.16 bits per heavy atom. The Morgan fingerprint density at radius 3 is 2.63 bits per heavy atom. The Labute approximate surface area is 125 Å². The molecule has 0 saturated carbocycles. The number of H-pyrrole nitrogens is 1. The Balaban J connectivity index is 0.000000902. The molecule has 0 radical (unpaired) electrons. The summed E-state index contributed by atoms with van der Waals surface area (Å²) in [5.41, 5.74) is 3.36. The van der Waals surface area contributed by atoms with Crippen LogP contribution in [0.1, 0.15) is 24.5 Å². The molecule has 3 heterocycles. The first-order chi connectivity index (χ1) is 8.43. The minimum Gasteiger partial charge on any atom is -0.316 e. The number of piperidine rings is 1. The van der Waals surface area contributed by atoms with Crippen LogP contribution in [-0.4, -0.2) is 28.3 Å². The number of hydrogen-bond acceptors (Lipinski definition) is 3. The molecule has 0 aromatic carbocycles. The van der Waals surface area contributed by atoms with Gasteiger partial charge in [0.1, 0.15) is 0 Å². The molecule has 19 heavy (non-hydrogen) atoms. The number of pyridine rings is 1. The second-order valence-corrected chi connectivity index (χ2v) is 4.49. The van der Waals surface area contributed by atoms with Gasteiger partial charge in [0, 0.05) is 36.1 Å². The van der Waals surface area contributed by atoms with Crippen LogP contribution in [0, 0.1) is 0 Å². The number of aromatic amines is 1. The molecule has 1 unspecified atom stereocenters. The van der Waals surface area contributed by atoms with Crippen molar-refractivity contribution >= 4 is 24.8 Å². The Bertz CT molecular complexity index is 480. The zero-order valence-electron chi connectivity index (χ0n) is 10.5. The summed E-state index contributed by atoms with van der Waals surface area (Å²) in [5.74, 6) is 0.576. The molecule has 1 atom stereocenters. The zero-order chi connectivity index (χ0) is 11.5. The molecule has 0 aliphatic carbocycles. The van der Waals surface area contributed by atoms with E-state index in [1.807, 2.05) is 12.1 Å². The highest BCUT2D eigenvalue weighted by atomic mass is 35.5. The van der Waals surface area contributed by atoms with Crippen LogP contribution < -0.4 is 5.32 Å². The molecule has 6 heteroatoms. The average Bonchev–Trinajstić information content (AvgIpc) is 2.90. The van der Waals surface area contributed by atoms with E-state index in [9.17, 15) is 0 Å². The first kappa shape index (κ1) is 16.0. The lowest BCUT2D eigenvalue weighted by atomic mass is 9.96. The van der Waals surface area contributed by atoms with E-state index in [2.05, 4.69) is 26.6 Å². The second kappa shape index (κ2) is 7.48. The zero-order valence-corrected chi connectivity index (χ0v) is 12.1. The van der Waals surface area contributed by atoms with Gasteiger partial charge in [-0.1, -0.05) is 0 Å². The van der Waals surface area contributed by atoms with Gasteiger partial charge in [-0.15, -0.1) is 24.8 Å². The number of halogens is 2. The molecule has 3 rings (SSSR count). The van der Waals surface area contributed by atoms with E-state index in [0.717, 1.165) is 24.3 Å². The lowest BCUT2D eigenvalue weighted by Crippen LogP contribution is -2.28. The highest BCUT2D eigenvalue weighted by Crippen LogP contribution is 2.25. The maximum atomic E-state index is 4.38. The number of nitrogens with one attached hydrogen (secondary N) is 2. The van der Waals surface area contributed by atoms with E-state index >= 15 is 0 Å². The van der Waals surface area contributed by atoms with Gasteiger partial charge in [-0.3, -0.25) is 10.1 Å². The quantitative estimate of drug-likeness (QED) is 0.897. The number of hydrogen-bond donors (Lipinski definition) is 2. The van der Waals surface area contributed by atoms with E-state index in [1.165, 1.54) is 18.5 Å². The minimum absolute atomic E-state index is 0. The van der Waals surface area contributed by atoms with Crippen molar-refractivity contribution in [2.24, 2.45) is 0 Å². The fourth-order valence-electron chi connectivity index (χ4n) is 2.33. The van der Waals surface area contributed by atoms with Crippen molar-refractivity contribution in [3.8, 4) is 11.3 Å². The third kappa shape index (κ3) is 3.69. The molecule has 1 saturated heterocycles. The van der Waals surface area contributed by atoms with Crippen LogP contribution in [0.5, 0.6) is 0 Å². The summed E-state index contributed by atoms with van der Waals surface area (Å²) < 4.78 is 0. The molecule has 2 N–H and O–H groups in total. The first-order valence-electron chi connectivity index (χ1n) is 6.10. The van der Waals surface area contributed by atoms with Crippen LogP contribution in [0.2, 0.25) is 0 Å². The summed E-state index contributed by atoms with van der Waals surface area (Å²) in [5, 5.41) is 11.0. The summed E-state index contributed by atoms with van der Waals surface area (Å²) in [6, 6.07) is 6.13. The third-order valence-corrected chi connectivity index (χ3v) is 3.31. The molecule has 4 nitrogen and oxygen atoms in total. The van der Waals surface area contributed by atoms with E-state index in [0.29, 0.717) is 5.92 Å². The summed E-state index contributed by atoms with van der Waals surface area (Å²) in [7, 11) is 0. The van der Waals surface area contributed by atoms with Gasteiger partial charge in [0.15, 0.2) is 0 Å². The normalized spacial score (nSPS) is 18.2.